The zero-order valence-corrected chi connectivity index (χ0v) is 13.6. The molecule has 1 N–H and O–H groups in total. The summed E-state index contributed by atoms with van der Waals surface area (Å²) in [4.78, 5) is 11.9. The number of halogens is 5. The van der Waals surface area contributed by atoms with Gasteiger partial charge < -0.3 is 4.74 Å². The molecule has 0 spiro atoms. The average Bonchev–Trinajstić information content (AvgIpc) is 2.90. The van der Waals surface area contributed by atoms with Crippen LogP contribution in [0.3, 0.4) is 0 Å². The van der Waals surface area contributed by atoms with E-state index in [1.807, 2.05) is 0 Å². The van der Waals surface area contributed by atoms with Crippen LogP contribution in [0, 0.1) is 0 Å². The molecule has 1 aromatic carbocycles. The number of hydrogen-bond acceptors (Lipinski definition) is 5. The number of carbonyl (C=O) groups excluding carboxylic acids is 1. The third-order valence-corrected chi connectivity index (χ3v) is 3.88. The molecule has 1 unspecified atom stereocenters. The Hall–Kier alpha value is -1.58. The van der Waals surface area contributed by atoms with Crippen LogP contribution in [0.2, 0.25) is 10.0 Å². The first-order chi connectivity index (χ1) is 10.7. The number of nitrogens with zero attached hydrogens (tertiary/aromatic N) is 2. The summed E-state index contributed by atoms with van der Waals surface area (Å²) in [5.41, 5.74) is 0. The van der Waals surface area contributed by atoms with E-state index in [0.717, 1.165) is 0 Å². The van der Waals surface area contributed by atoms with Crippen molar-refractivity contribution < 1.29 is 22.7 Å². The topological polar surface area (TPSA) is 64.1 Å². The number of aromatic nitrogens is 2. The molecule has 0 saturated heterocycles. The van der Waals surface area contributed by atoms with Gasteiger partial charge in [0.15, 0.2) is 6.10 Å². The first-order valence-corrected chi connectivity index (χ1v) is 7.57. The molecule has 1 aromatic heterocycles. The fraction of sp³-hybridized carbons (Fsp3) is 0.250. The maximum atomic E-state index is 12.4. The molecule has 23 heavy (non-hydrogen) atoms. The van der Waals surface area contributed by atoms with Crippen molar-refractivity contribution in [3.8, 4) is 5.75 Å². The van der Waals surface area contributed by atoms with E-state index in [0.29, 0.717) is 5.02 Å². The van der Waals surface area contributed by atoms with Crippen LogP contribution in [0.1, 0.15) is 11.9 Å². The van der Waals surface area contributed by atoms with Crippen LogP contribution in [-0.4, -0.2) is 22.2 Å². The Kier molecular flexibility index (Phi) is 5.33. The highest BCUT2D eigenvalue weighted by atomic mass is 35.5. The van der Waals surface area contributed by atoms with E-state index in [-0.39, 0.29) is 27.2 Å². The molecule has 0 aliphatic heterocycles. The molecule has 1 amide bonds. The van der Waals surface area contributed by atoms with Crippen molar-refractivity contribution in [1.29, 1.82) is 0 Å². The number of nitrogens with one attached hydrogen (secondary N) is 1. The van der Waals surface area contributed by atoms with Crippen LogP contribution in [0.25, 0.3) is 0 Å². The van der Waals surface area contributed by atoms with Gasteiger partial charge in [0.25, 0.3) is 5.91 Å². The highest BCUT2D eigenvalue weighted by Crippen LogP contribution is 2.33. The molecule has 0 aliphatic carbocycles. The van der Waals surface area contributed by atoms with Crippen molar-refractivity contribution in [1.82, 2.24) is 10.2 Å². The van der Waals surface area contributed by atoms with Gasteiger partial charge in [-0.15, -0.1) is 10.2 Å². The van der Waals surface area contributed by atoms with E-state index in [4.69, 9.17) is 27.9 Å². The van der Waals surface area contributed by atoms with Gasteiger partial charge in [-0.3, -0.25) is 10.1 Å². The molecule has 5 nitrogen and oxygen atoms in total. The first kappa shape index (κ1) is 17.8. The van der Waals surface area contributed by atoms with Crippen LogP contribution < -0.4 is 10.1 Å². The highest BCUT2D eigenvalue weighted by molar-refractivity contribution is 7.15. The lowest BCUT2D eigenvalue weighted by atomic mass is 10.3. The summed E-state index contributed by atoms with van der Waals surface area (Å²) < 4.78 is 42.6. The van der Waals surface area contributed by atoms with Crippen LogP contribution in [0.5, 0.6) is 5.75 Å². The molecule has 2 aromatic rings. The lowest BCUT2D eigenvalue weighted by Crippen LogP contribution is -2.30. The number of ether oxygens (including phenoxy) is 1. The summed E-state index contributed by atoms with van der Waals surface area (Å²) in [5.74, 6) is -0.479. The summed E-state index contributed by atoms with van der Waals surface area (Å²) in [5, 5.41) is 7.58. The van der Waals surface area contributed by atoms with Crippen molar-refractivity contribution in [3.63, 3.8) is 0 Å². The normalized spacial score (nSPS) is 12.8. The van der Waals surface area contributed by atoms with Crippen molar-refractivity contribution >= 4 is 45.6 Å². The highest BCUT2D eigenvalue weighted by Gasteiger charge is 2.36. The minimum absolute atomic E-state index is 0.201. The van der Waals surface area contributed by atoms with Crippen molar-refractivity contribution in [2.75, 3.05) is 5.32 Å². The van der Waals surface area contributed by atoms with Crippen LogP contribution in [-0.2, 0) is 11.0 Å². The Morgan fingerprint density at radius 1 is 1.35 bits per heavy atom. The van der Waals surface area contributed by atoms with Gasteiger partial charge in [-0.2, -0.15) is 13.2 Å². The molecular weight excluding hydrogens is 378 g/mol. The second-order valence-corrected chi connectivity index (χ2v) is 6.06. The van der Waals surface area contributed by atoms with Crippen molar-refractivity contribution in [3.05, 3.63) is 33.3 Å². The minimum Gasteiger partial charge on any atom is -0.479 e. The molecule has 0 fully saturated rings. The number of benzene rings is 1. The molecule has 2 rings (SSSR count). The van der Waals surface area contributed by atoms with E-state index < -0.39 is 23.2 Å². The molecule has 0 saturated carbocycles. The second-order valence-electron chi connectivity index (χ2n) is 4.23. The third kappa shape index (κ3) is 4.69. The van der Waals surface area contributed by atoms with Gasteiger partial charge in [-0.05, 0) is 25.1 Å². The summed E-state index contributed by atoms with van der Waals surface area (Å²) in [6.45, 7) is 1.41. The number of hydrogen-bond donors (Lipinski definition) is 1. The third-order valence-electron chi connectivity index (χ3n) is 2.46. The fourth-order valence-electron chi connectivity index (χ4n) is 1.41. The zero-order chi connectivity index (χ0) is 17.2. The van der Waals surface area contributed by atoms with E-state index in [2.05, 4.69) is 15.5 Å². The lowest BCUT2D eigenvalue weighted by Gasteiger charge is -2.14. The van der Waals surface area contributed by atoms with Gasteiger partial charge in [0, 0.05) is 5.02 Å². The Morgan fingerprint density at radius 2 is 2.04 bits per heavy atom. The summed E-state index contributed by atoms with van der Waals surface area (Å²) in [6, 6.07) is 4.43. The van der Waals surface area contributed by atoms with E-state index >= 15 is 0 Å². The van der Waals surface area contributed by atoms with Gasteiger partial charge in [0.2, 0.25) is 10.1 Å². The molecule has 11 heteroatoms. The molecule has 1 heterocycles. The Balaban J connectivity index is 2.01. The van der Waals surface area contributed by atoms with Gasteiger partial charge in [0.1, 0.15) is 5.75 Å². The maximum absolute atomic E-state index is 12.4. The van der Waals surface area contributed by atoms with Gasteiger partial charge in [-0.1, -0.05) is 34.5 Å². The van der Waals surface area contributed by atoms with E-state index in [1.54, 1.807) is 0 Å². The standard InChI is InChI=1S/C12H8Cl2F3N3O2S/c1-5(22-8-3-2-6(13)4-7(8)14)9(21)18-11-20-19-10(23-11)12(15,16)17/h2-5H,1H3,(H,18,20,21). The zero-order valence-electron chi connectivity index (χ0n) is 11.3. The summed E-state index contributed by atoms with van der Waals surface area (Å²) in [6.07, 6.45) is -5.63. The molecule has 124 valence electrons. The van der Waals surface area contributed by atoms with Crippen molar-refractivity contribution in [2.45, 2.75) is 19.2 Å². The van der Waals surface area contributed by atoms with Gasteiger partial charge in [-0.25, -0.2) is 0 Å². The Bertz CT molecular complexity index is 724. The minimum atomic E-state index is -4.61. The van der Waals surface area contributed by atoms with Crippen LogP contribution in [0.15, 0.2) is 18.2 Å². The number of amides is 1. The number of rotatable bonds is 4. The largest absolute Gasteiger partial charge is 0.479 e. The molecule has 1 atom stereocenters. The van der Waals surface area contributed by atoms with Gasteiger partial charge in [0.05, 0.1) is 5.02 Å². The maximum Gasteiger partial charge on any atom is 0.445 e. The van der Waals surface area contributed by atoms with Gasteiger partial charge >= 0.3 is 6.18 Å². The number of anilines is 1. The quantitative estimate of drug-likeness (QED) is 0.853. The summed E-state index contributed by atoms with van der Waals surface area (Å²) in [7, 11) is 0. The van der Waals surface area contributed by atoms with Crippen molar-refractivity contribution in [2.24, 2.45) is 0 Å². The Labute approximate surface area is 142 Å². The predicted molar refractivity (Wildman–Crippen MR) is 80.1 cm³/mol. The monoisotopic (exact) mass is 385 g/mol. The molecule has 0 bridgehead atoms. The SMILES string of the molecule is CC(Oc1ccc(Cl)cc1Cl)C(=O)Nc1nnc(C(F)(F)F)s1. The fourth-order valence-corrected chi connectivity index (χ4v) is 2.48. The van der Waals surface area contributed by atoms with E-state index in [1.165, 1.54) is 25.1 Å². The molecular formula is C12H8Cl2F3N3O2S. The smallest absolute Gasteiger partial charge is 0.445 e. The van der Waals surface area contributed by atoms with Crippen LogP contribution in [0.4, 0.5) is 18.3 Å². The number of carbonyl (C=O) groups is 1. The predicted octanol–water partition coefficient (Wildman–Crippen LogP) is 4.27. The second kappa shape index (κ2) is 6.90. The van der Waals surface area contributed by atoms with Crippen LogP contribution >= 0.6 is 34.5 Å². The lowest BCUT2D eigenvalue weighted by molar-refractivity contribution is -0.138. The number of alkyl halides is 3. The molecule has 0 radical (unpaired) electrons. The Morgan fingerprint density at radius 3 is 2.61 bits per heavy atom. The summed E-state index contributed by atoms with van der Waals surface area (Å²) >= 11 is 11.9. The average molecular weight is 386 g/mol. The van der Waals surface area contributed by atoms with E-state index in [9.17, 15) is 18.0 Å². The first-order valence-electron chi connectivity index (χ1n) is 6.00. The molecule has 0 aliphatic rings.